The van der Waals surface area contributed by atoms with Crippen molar-refractivity contribution in [3.05, 3.63) is 72.4 Å². The average Bonchev–Trinajstić information content (AvgIpc) is 3.12. The summed E-state index contributed by atoms with van der Waals surface area (Å²) in [6.45, 7) is 4.72. The van der Waals surface area contributed by atoms with E-state index in [0.29, 0.717) is 11.5 Å². The predicted molar refractivity (Wildman–Crippen MR) is 95.8 cm³/mol. The van der Waals surface area contributed by atoms with E-state index in [1.54, 1.807) is 18.4 Å². The Hall–Kier alpha value is -2.66. The first kappa shape index (κ1) is 15.8. The van der Waals surface area contributed by atoms with Crippen molar-refractivity contribution in [3.63, 3.8) is 0 Å². The Kier molecular flexibility index (Phi) is 4.48. The second-order valence-electron chi connectivity index (χ2n) is 6.25. The zero-order valence-corrected chi connectivity index (χ0v) is 13.9. The quantitative estimate of drug-likeness (QED) is 0.725. The van der Waals surface area contributed by atoms with E-state index in [2.05, 4.69) is 39.0 Å². The first-order valence-corrected chi connectivity index (χ1v) is 8.51. The number of anilines is 1. The Morgan fingerprint density at radius 3 is 2.52 bits per heavy atom. The molecule has 2 aromatic carbocycles. The molecule has 1 fully saturated rings. The fourth-order valence-electron chi connectivity index (χ4n) is 3.17. The molecule has 2 heterocycles. The lowest BCUT2D eigenvalue weighted by molar-refractivity contribution is 0.247. The number of benzene rings is 2. The molecule has 0 atom stereocenters. The molecule has 1 aliphatic heterocycles. The van der Waals surface area contributed by atoms with Crippen LogP contribution in [0.2, 0.25) is 0 Å². The first-order valence-electron chi connectivity index (χ1n) is 8.51. The molecule has 1 aliphatic rings. The number of nitrogens with zero attached hydrogens (tertiary/aromatic N) is 3. The summed E-state index contributed by atoms with van der Waals surface area (Å²) in [4.78, 5) is 9.27. The number of rotatable bonds is 4. The highest BCUT2D eigenvalue weighted by Crippen LogP contribution is 2.21. The summed E-state index contributed by atoms with van der Waals surface area (Å²) in [5.41, 5.74) is 2.82. The fraction of sp³-hybridized carbons (Fsp3) is 0.250. The van der Waals surface area contributed by atoms with Gasteiger partial charge in [0.1, 0.15) is 12.1 Å². The van der Waals surface area contributed by atoms with Gasteiger partial charge < -0.3 is 9.32 Å². The minimum atomic E-state index is -0.283. The molecule has 3 aromatic rings. The van der Waals surface area contributed by atoms with E-state index in [-0.39, 0.29) is 5.82 Å². The van der Waals surface area contributed by atoms with Gasteiger partial charge >= 0.3 is 0 Å². The maximum Gasteiger partial charge on any atom is 0.226 e. The molecule has 4 rings (SSSR count). The van der Waals surface area contributed by atoms with Gasteiger partial charge in [-0.3, -0.25) is 4.90 Å². The zero-order chi connectivity index (χ0) is 17.1. The molecular weight excluding hydrogens is 317 g/mol. The summed E-state index contributed by atoms with van der Waals surface area (Å²) in [7, 11) is 0. The van der Waals surface area contributed by atoms with Gasteiger partial charge in [0.05, 0.1) is 5.69 Å². The third-order valence-corrected chi connectivity index (χ3v) is 4.50. The van der Waals surface area contributed by atoms with Crippen molar-refractivity contribution in [2.45, 2.75) is 6.54 Å². The van der Waals surface area contributed by atoms with Crippen molar-refractivity contribution < 1.29 is 8.81 Å². The lowest BCUT2D eigenvalue weighted by Crippen LogP contribution is -2.46. The van der Waals surface area contributed by atoms with Crippen molar-refractivity contribution in [2.75, 3.05) is 31.1 Å². The first-order chi connectivity index (χ1) is 12.3. The molecule has 0 aliphatic carbocycles. The normalized spacial score (nSPS) is 15.5. The van der Waals surface area contributed by atoms with Crippen LogP contribution < -0.4 is 4.90 Å². The lowest BCUT2D eigenvalue weighted by Gasteiger charge is -2.35. The van der Waals surface area contributed by atoms with Crippen LogP contribution in [-0.4, -0.2) is 36.1 Å². The van der Waals surface area contributed by atoms with E-state index < -0.39 is 0 Å². The van der Waals surface area contributed by atoms with Gasteiger partial charge in [0.15, 0.2) is 0 Å². The monoisotopic (exact) mass is 337 g/mol. The minimum absolute atomic E-state index is 0.283. The van der Waals surface area contributed by atoms with Crippen LogP contribution >= 0.6 is 0 Å². The van der Waals surface area contributed by atoms with E-state index in [4.69, 9.17) is 4.42 Å². The summed E-state index contributed by atoms with van der Waals surface area (Å²) >= 11 is 0. The van der Waals surface area contributed by atoms with Gasteiger partial charge in [0.2, 0.25) is 5.89 Å². The second kappa shape index (κ2) is 7.07. The van der Waals surface area contributed by atoms with Crippen LogP contribution in [0.1, 0.15) is 5.69 Å². The van der Waals surface area contributed by atoms with E-state index in [0.717, 1.165) is 38.4 Å². The highest BCUT2D eigenvalue weighted by atomic mass is 19.1. The van der Waals surface area contributed by atoms with Crippen molar-refractivity contribution in [1.82, 2.24) is 9.88 Å². The van der Waals surface area contributed by atoms with E-state index in [9.17, 15) is 4.39 Å². The fourth-order valence-corrected chi connectivity index (χ4v) is 3.17. The predicted octanol–water partition coefficient (Wildman–Crippen LogP) is 3.80. The second-order valence-corrected chi connectivity index (χ2v) is 6.25. The SMILES string of the molecule is Fc1cccc(-c2nc(CN3CCN(c4ccccc4)CC3)co2)c1. The van der Waals surface area contributed by atoms with Gasteiger partial charge in [-0.25, -0.2) is 9.37 Å². The van der Waals surface area contributed by atoms with Crippen LogP contribution in [-0.2, 0) is 6.54 Å². The Labute approximate surface area is 146 Å². The number of piperazine rings is 1. The largest absolute Gasteiger partial charge is 0.444 e. The Balaban J connectivity index is 1.36. The van der Waals surface area contributed by atoms with Gasteiger partial charge in [0, 0.05) is 44.0 Å². The lowest BCUT2D eigenvalue weighted by atomic mass is 10.2. The molecular formula is C20H20FN3O. The van der Waals surface area contributed by atoms with Crippen LogP contribution in [0.3, 0.4) is 0 Å². The van der Waals surface area contributed by atoms with Gasteiger partial charge in [-0.15, -0.1) is 0 Å². The molecule has 128 valence electrons. The highest BCUT2D eigenvalue weighted by Gasteiger charge is 2.18. The van der Waals surface area contributed by atoms with E-state index in [1.165, 1.54) is 17.8 Å². The molecule has 0 amide bonds. The van der Waals surface area contributed by atoms with Gasteiger partial charge in [0.25, 0.3) is 0 Å². The minimum Gasteiger partial charge on any atom is -0.444 e. The van der Waals surface area contributed by atoms with Gasteiger partial charge in [-0.2, -0.15) is 0 Å². The average molecular weight is 337 g/mol. The van der Waals surface area contributed by atoms with Crippen LogP contribution in [0.4, 0.5) is 10.1 Å². The molecule has 0 spiro atoms. The summed E-state index contributed by atoms with van der Waals surface area (Å²) < 4.78 is 18.8. The molecule has 1 aromatic heterocycles. The standard InChI is InChI=1S/C20H20FN3O/c21-17-6-4-5-16(13-17)20-22-18(15-25-20)14-23-9-11-24(12-10-23)19-7-2-1-3-8-19/h1-8,13,15H,9-12,14H2. The van der Waals surface area contributed by atoms with Crippen molar-refractivity contribution in [3.8, 4) is 11.5 Å². The molecule has 4 nitrogen and oxygen atoms in total. The number of para-hydroxylation sites is 1. The maximum absolute atomic E-state index is 13.3. The van der Waals surface area contributed by atoms with Crippen LogP contribution in [0.5, 0.6) is 0 Å². The molecule has 25 heavy (non-hydrogen) atoms. The topological polar surface area (TPSA) is 32.5 Å². The van der Waals surface area contributed by atoms with Gasteiger partial charge in [-0.1, -0.05) is 24.3 Å². The Morgan fingerprint density at radius 2 is 1.76 bits per heavy atom. The maximum atomic E-state index is 13.3. The van der Waals surface area contributed by atoms with Crippen molar-refractivity contribution >= 4 is 5.69 Å². The smallest absolute Gasteiger partial charge is 0.226 e. The molecule has 0 N–H and O–H groups in total. The third kappa shape index (κ3) is 3.72. The van der Waals surface area contributed by atoms with Crippen LogP contribution in [0, 0.1) is 5.82 Å². The van der Waals surface area contributed by atoms with Crippen LogP contribution in [0.25, 0.3) is 11.5 Å². The van der Waals surface area contributed by atoms with Crippen LogP contribution in [0.15, 0.2) is 65.3 Å². The Bertz CT molecular complexity index is 826. The number of aromatic nitrogens is 1. The summed E-state index contributed by atoms with van der Waals surface area (Å²) in [6.07, 6.45) is 1.67. The number of hydrogen-bond donors (Lipinski definition) is 0. The molecule has 0 unspecified atom stereocenters. The van der Waals surface area contributed by atoms with E-state index in [1.807, 2.05) is 6.07 Å². The number of oxazole rings is 1. The molecule has 0 radical (unpaired) electrons. The van der Waals surface area contributed by atoms with E-state index >= 15 is 0 Å². The molecule has 0 saturated carbocycles. The number of hydrogen-bond acceptors (Lipinski definition) is 4. The van der Waals surface area contributed by atoms with Crippen molar-refractivity contribution in [2.24, 2.45) is 0 Å². The van der Waals surface area contributed by atoms with Gasteiger partial charge in [-0.05, 0) is 30.3 Å². The highest BCUT2D eigenvalue weighted by molar-refractivity contribution is 5.53. The Morgan fingerprint density at radius 1 is 0.960 bits per heavy atom. The molecule has 1 saturated heterocycles. The third-order valence-electron chi connectivity index (χ3n) is 4.50. The molecule has 5 heteroatoms. The summed E-state index contributed by atoms with van der Waals surface area (Å²) in [5, 5.41) is 0. The zero-order valence-electron chi connectivity index (χ0n) is 13.9. The number of halogens is 1. The molecule has 0 bridgehead atoms. The van der Waals surface area contributed by atoms with Crippen molar-refractivity contribution in [1.29, 1.82) is 0 Å². The summed E-state index contributed by atoms with van der Waals surface area (Å²) in [6, 6.07) is 16.8. The summed E-state index contributed by atoms with van der Waals surface area (Å²) in [5.74, 6) is 0.187.